The molecule has 0 aliphatic carbocycles. The molecule has 14 heteroatoms. The molecule has 4 aromatic carbocycles. The average molecular weight is 1120 g/mol. The first-order valence-corrected chi connectivity index (χ1v) is 26.8. The van der Waals surface area contributed by atoms with Crippen LogP contribution in [0.2, 0.25) is 0 Å². The zero-order chi connectivity index (χ0) is 57.2. The Balaban J connectivity index is 0.000000411. The number of rotatable bonds is 17. The second-order valence-corrected chi connectivity index (χ2v) is 23.6. The summed E-state index contributed by atoms with van der Waals surface area (Å²) in [5.74, 6) is -0.503. The fourth-order valence-electron chi connectivity index (χ4n) is 9.44. The van der Waals surface area contributed by atoms with E-state index in [-0.39, 0.29) is 78.4 Å². The maximum Gasteiger partial charge on any atom is 0.408 e. The molecule has 0 radical (unpaired) electrons. The number of benzene rings is 4. The predicted octanol–water partition coefficient (Wildman–Crippen LogP) is 14.8. The van der Waals surface area contributed by atoms with Gasteiger partial charge in [-0.05, 0) is 148 Å². The van der Waals surface area contributed by atoms with Crippen LogP contribution in [0.15, 0.2) is 97.1 Å². The molecule has 0 saturated heterocycles. The van der Waals surface area contributed by atoms with Crippen molar-refractivity contribution < 1.29 is 29.1 Å². The van der Waals surface area contributed by atoms with Gasteiger partial charge in [-0.15, -0.1) is 24.8 Å². The first-order valence-electron chi connectivity index (χ1n) is 26.8. The summed E-state index contributed by atoms with van der Waals surface area (Å²) >= 11 is 0. The van der Waals surface area contributed by atoms with Gasteiger partial charge in [-0.2, -0.15) is 0 Å². The zero-order valence-electron chi connectivity index (χ0n) is 49.1. The molecule has 0 spiro atoms. The van der Waals surface area contributed by atoms with E-state index in [2.05, 4.69) is 90.3 Å². The number of amides is 3. The van der Waals surface area contributed by atoms with Crippen molar-refractivity contribution >= 4 is 65.7 Å². The van der Waals surface area contributed by atoms with Crippen LogP contribution in [0.4, 0.5) is 16.2 Å². The topological polar surface area (TPSA) is 185 Å². The lowest BCUT2D eigenvalue weighted by atomic mass is 9.83. The van der Waals surface area contributed by atoms with Crippen LogP contribution in [0.25, 0.3) is 22.3 Å². The molecular formula is C65H84Cl2N6O6. The van der Waals surface area contributed by atoms with Crippen LogP contribution < -0.4 is 16.4 Å². The van der Waals surface area contributed by atoms with Crippen LogP contribution in [0.3, 0.4) is 0 Å². The number of hydrogen-bond acceptors (Lipinski definition) is 8. The van der Waals surface area contributed by atoms with E-state index in [1.165, 1.54) is 24.3 Å². The number of anilines is 2. The van der Waals surface area contributed by atoms with E-state index in [0.717, 1.165) is 79.3 Å². The Morgan fingerprint density at radius 1 is 0.544 bits per heavy atom. The minimum Gasteiger partial charge on any atom is -0.465 e. The lowest BCUT2D eigenvalue weighted by Crippen LogP contribution is -2.44. The number of carboxylic acid groups (broad SMARTS) is 1. The number of nitrogens with zero attached hydrogens (tertiary/aromatic N) is 3. The summed E-state index contributed by atoms with van der Waals surface area (Å²) in [6.45, 7) is 30.3. The highest BCUT2D eigenvalue weighted by Gasteiger charge is 2.32. The molecule has 0 bridgehead atoms. The van der Waals surface area contributed by atoms with Gasteiger partial charge in [0.25, 0.3) is 0 Å². The number of nitrogens with two attached hydrogens (primary N) is 1. The number of ketones is 2. The van der Waals surface area contributed by atoms with Gasteiger partial charge in [0.2, 0.25) is 11.8 Å². The van der Waals surface area contributed by atoms with Crippen LogP contribution >= 0.6 is 24.8 Å². The van der Waals surface area contributed by atoms with E-state index >= 15 is 0 Å². The highest BCUT2D eigenvalue weighted by molar-refractivity contribution is 5.99. The Hall–Kier alpha value is -6.73. The Morgan fingerprint density at radius 2 is 0.911 bits per heavy atom. The number of aromatic nitrogens is 2. The first kappa shape index (κ1) is 66.5. The van der Waals surface area contributed by atoms with Crippen molar-refractivity contribution in [2.24, 2.45) is 16.6 Å². The minimum atomic E-state index is -1.01. The van der Waals surface area contributed by atoms with Crippen molar-refractivity contribution in [2.75, 3.05) is 10.6 Å². The lowest BCUT2D eigenvalue weighted by Gasteiger charge is -2.35. The van der Waals surface area contributed by atoms with Gasteiger partial charge in [0.05, 0.1) is 19.4 Å². The Labute approximate surface area is 482 Å². The molecule has 2 aromatic heterocycles. The van der Waals surface area contributed by atoms with Gasteiger partial charge in [0.15, 0.2) is 11.6 Å². The third kappa shape index (κ3) is 18.7. The molecule has 6 aromatic rings. The number of Topliss-reactive ketones (excluding diaryl/α,β-unsaturated/α-hetero) is 2. The van der Waals surface area contributed by atoms with Gasteiger partial charge >= 0.3 is 6.09 Å². The van der Waals surface area contributed by atoms with E-state index in [0.29, 0.717) is 48.3 Å². The second-order valence-electron chi connectivity index (χ2n) is 23.6. The molecule has 0 unspecified atom stereocenters. The summed E-state index contributed by atoms with van der Waals surface area (Å²) in [5.41, 5.74) is 21.1. The van der Waals surface area contributed by atoms with E-state index in [4.69, 9.17) is 15.7 Å². The molecule has 0 aliphatic heterocycles. The summed E-state index contributed by atoms with van der Waals surface area (Å²) in [6.07, 6.45) is 1.99. The molecular weight excluding hydrogens is 1030 g/mol. The zero-order valence-corrected chi connectivity index (χ0v) is 50.8. The second kappa shape index (κ2) is 28.4. The Kier molecular flexibility index (Phi) is 23.9. The minimum absolute atomic E-state index is 0. The largest absolute Gasteiger partial charge is 0.465 e. The number of aryl methyl sites for hydroxylation is 4. The van der Waals surface area contributed by atoms with Crippen molar-refractivity contribution in [3.8, 4) is 22.3 Å². The average Bonchev–Trinajstić information content (AvgIpc) is 3.34. The maximum absolute atomic E-state index is 13.6. The molecule has 6 rings (SSSR count). The van der Waals surface area contributed by atoms with E-state index < -0.39 is 11.6 Å². The van der Waals surface area contributed by atoms with E-state index in [9.17, 15) is 29.1 Å². The van der Waals surface area contributed by atoms with E-state index in [1.54, 1.807) is 48.5 Å². The number of nitrogens with one attached hydrogen (secondary N) is 2. The Morgan fingerprint density at radius 3 is 1.23 bits per heavy atom. The first-order chi connectivity index (χ1) is 36.0. The molecule has 3 amide bonds. The van der Waals surface area contributed by atoms with Crippen LogP contribution in [-0.2, 0) is 61.2 Å². The van der Waals surface area contributed by atoms with Gasteiger partial charge < -0.3 is 21.5 Å². The SMILES string of the molecule is CCc1nc(CC(C)(C)C)c(CN(C(=O)O)C(C)(C)C)c(-c2ccc(C)cc2)c1CC(=O)Nc1cccc(C(C)=O)c1.CCc1nc(CC(C)(C)C)c(CN)c(-c2ccc(C)cc2)c1CC(=O)Nc1cccc(C(C)=O)c1.Cl.Cl. The standard InChI is InChI=1S/C35H45N3O4.C30H37N3O2.2ClH/c1-10-29-27(19-31(40)36-26-13-11-12-25(18-26)23(3)39)32(24-16-14-22(2)15-17-24)28(30(37-29)20-34(4,5)6)21-38(33(41)42)35(7,8)9;1-7-26-24(16-28(35)32-23-10-8-9-22(15-23)20(3)34)29(21-13-11-19(2)12-14-21)25(18-31)27(33-26)17-30(4,5)6;;/h11-18H,10,19-21H2,1-9H3,(H,36,40)(H,41,42);8-15H,7,16-18,31H2,1-6H3,(H,32,35);2*1H. The predicted molar refractivity (Wildman–Crippen MR) is 327 cm³/mol. The Bertz CT molecular complexity index is 3110. The summed E-state index contributed by atoms with van der Waals surface area (Å²) in [4.78, 5) is 74.6. The van der Waals surface area contributed by atoms with Gasteiger partial charge in [-0.25, -0.2) is 4.79 Å². The van der Waals surface area contributed by atoms with Crippen LogP contribution in [0.1, 0.15) is 167 Å². The molecule has 5 N–H and O–H groups in total. The van der Waals surface area contributed by atoms with Gasteiger partial charge in [0, 0.05) is 62.9 Å². The number of carbonyl (C=O) groups is 5. The summed E-state index contributed by atoms with van der Waals surface area (Å²) in [5, 5.41) is 16.2. The number of pyridine rings is 2. The van der Waals surface area contributed by atoms with Crippen LogP contribution in [-0.4, -0.2) is 55.0 Å². The van der Waals surface area contributed by atoms with Crippen molar-refractivity contribution in [2.45, 2.75) is 161 Å². The van der Waals surface area contributed by atoms with Crippen molar-refractivity contribution in [3.05, 3.63) is 164 Å². The van der Waals surface area contributed by atoms with E-state index in [1.807, 2.05) is 58.9 Å². The van der Waals surface area contributed by atoms with Crippen molar-refractivity contribution in [1.29, 1.82) is 0 Å². The fourth-order valence-corrected chi connectivity index (χ4v) is 9.44. The molecule has 0 saturated carbocycles. The normalized spacial score (nSPS) is 11.3. The maximum atomic E-state index is 13.6. The smallest absolute Gasteiger partial charge is 0.408 e. The van der Waals surface area contributed by atoms with Crippen LogP contribution in [0, 0.1) is 24.7 Å². The molecule has 79 heavy (non-hydrogen) atoms. The summed E-state index contributed by atoms with van der Waals surface area (Å²) < 4.78 is 0. The number of hydrogen-bond donors (Lipinski definition) is 4. The third-order valence-corrected chi connectivity index (χ3v) is 13.2. The van der Waals surface area contributed by atoms with Gasteiger partial charge in [-0.1, -0.05) is 139 Å². The molecule has 0 fully saturated rings. The summed E-state index contributed by atoms with van der Waals surface area (Å²) in [6, 6.07) is 30.4. The molecule has 2 heterocycles. The summed E-state index contributed by atoms with van der Waals surface area (Å²) in [7, 11) is 0. The highest BCUT2D eigenvalue weighted by Crippen LogP contribution is 2.38. The monoisotopic (exact) mass is 1110 g/mol. The van der Waals surface area contributed by atoms with Crippen molar-refractivity contribution in [3.63, 3.8) is 0 Å². The molecule has 12 nitrogen and oxygen atoms in total. The van der Waals surface area contributed by atoms with Gasteiger partial charge in [0.1, 0.15) is 0 Å². The van der Waals surface area contributed by atoms with Crippen molar-refractivity contribution in [1.82, 2.24) is 14.9 Å². The molecule has 0 aliphatic rings. The number of carbonyl (C=O) groups excluding carboxylic acids is 4. The molecule has 424 valence electrons. The molecule has 0 atom stereocenters. The highest BCUT2D eigenvalue weighted by atomic mass is 35.5. The fraction of sp³-hybridized carbons (Fsp3) is 0.400. The van der Waals surface area contributed by atoms with Gasteiger partial charge in [-0.3, -0.25) is 34.0 Å². The third-order valence-electron chi connectivity index (χ3n) is 13.2. The quantitative estimate of drug-likeness (QED) is 0.0645. The number of halogens is 2. The van der Waals surface area contributed by atoms with Crippen LogP contribution in [0.5, 0.6) is 0 Å². The lowest BCUT2D eigenvalue weighted by molar-refractivity contribution is -0.116.